The summed E-state index contributed by atoms with van der Waals surface area (Å²) in [5.74, 6) is -0.759. The number of fused-ring (bicyclic) bond motifs is 1. The maximum Gasteiger partial charge on any atom is 0.285 e. The molecular weight excluding hydrogens is 206 g/mol. The molecule has 0 aromatic rings. The fraction of sp³-hybridized carbons (Fsp3) is 0.400. The smallest absolute Gasteiger partial charge is 0.285 e. The summed E-state index contributed by atoms with van der Waals surface area (Å²) >= 11 is 0. The molecular formula is C10H15N5O. The Kier molecular flexibility index (Phi) is 2.66. The van der Waals surface area contributed by atoms with E-state index in [0.717, 1.165) is 0 Å². The van der Waals surface area contributed by atoms with Gasteiger partial charge in [0, 0.05) is 13.2 Å². The zero-order chi connectivity index (χ0) is 11.6. The van der Waals surface area contributed by atoms with E-state index in [1.54, 1.807) is 18.1 Å². The van der Waals surface area contributed by atoms with E-state index in [-0.39, 0.29) is 0 Å². The molecule has 0 amide bonds. The first-order valence-corrected chi connectivity index (χ1v) is 5.07. The molecule has 2 aliphatic heterocycles. The van der Waals surface area contributed by atoms with Crippen LogP contribution in [0, 0.1) is 0 Å². The lowest BCUT2D eigenvalue weighted by atomic mass is 10.2. The fourth-order valence-electron chi connectivity index (χ4n) is 1.54. The lowest BCUT2D eigenvalue weighted by Crippen LogP contribution is -2.56. The molecule has 0 spiro atoms. The van der Waals surface area contributed by atoms with Gasteiger partial charge in [0.25, 0.3) is 5.85 Å². The molecule has 1 unspecified atom stereocenters. The van der Waals surface area contributed by atoms with Crippen LogP contribution >= 0.6 is 0 Å². The molecule has 0 aliphatic carbocycles. The van der Waals surface area contributed by atoms with Crippen molar-refractivity contribution in [3.8, 4) is 0 Å². The monoisotopic (exact) mass is 221 g/mol. The normalized spacial score (nSPS) is 30.3. The van der Waals surface area contributed by atoms with E-state index in [2.05, 4.69) is 20.6 Å². The molecule has 1 atom stereocenters. The molecule has 6 nitrogen and oxygen atoms in total. The molecule has 6 heteroatoms. The van der Waals surface area contributed by atoms with Crippen molar-refractivity contribution in [2.75, 3.05) is 13.6 Å². The highest BCUT2D eigenvalue weighted by Gasteiger charge is 2.43. The van der Waals surface area contributed by atoms with Gasteiger partial charge in [-0.3, -0.25) is 4.90 Å². The molecule has 2 rings (SSSR count). The Morgan fingerprint density at radius 3 is 3.19 bits per heavy atom. The van der Waals surface area contributed by atoms with Crippen LogP contribution in [0.3, 0.4) is 0 Å². The maximum atomic E-state index is 10.3. The largest absolute Gasteiger partial charge is 0.348 e. The Balaban J connectivity index is 2.21. The second-order valence-corrected chi connectivity index (χ2v) is 3.53. The van der Waals surface area contributed by atoms with Crippen LogP contribution in [0.5, 0.6) is 0 Å². The Morgan fingerprint density at radius 1 is 1.62 bits per heavy atom. The van der Waals surface area contributed by atoms with Crippen LogP contribution in [0.1, 0.15) is 6.92 Å². The first-order chi connectivity index (χ1) is 7.68. The van der Waals surface area contributed by atoms with Crippen molar-refractivity contribution in [3.05, 3.63) is 24.0 Å². The van der Waals surface area contributed by atoms with Gasteiger partial charge in [-0.05, 0) is 6.92 Å². The fourth-order valence-corrected chi connectivity index (χ4v) is 1.54. The summed E-state index contributed by atoms with van der Waals surface area (Å²) in [5, 5.41) is 16.1. The second kappa shape index (κ2) is 3.97. The molecule has 0 aromatic carbocycles. The number of aliphatic imine (C=N–C) groups is 2. The van der Waals surface area contributed by atoms with Crippen LogP contribution in [0.4, 0.5) is 0 Å². The van der Waals surface area contributed by atoms with Crippen LogP contribution in [0.15, 0.2) is 34.0 Å². The van der Waals surface area contributed by atoms with Crippen molar-refractivity contribution in [1.29, 1.82) is 0 Å². The molecule has 0 bridgehead atoms. The molecule has 16 heavy (non-hydrogen) atoms. The number of aliphatic hydroxyl groups is 1. The minimum absolute atomic E-state index is 0.569. The minimum atomic E-state index is -1.35. The molecule has 86 valence electrons. The highest BCUT2D eigenvalue weighted by molar-refractivity contribution is 5.84. The summed E-state index contributed by atoms with van der Waals surface area (Å²) in [5.41, 5.74) is 0.597. The van der Waals surface area contributed by atoms with Crippen molar-refractivity contribution in [3.63, 3.8) is 0 Å². The molecule has 2 heterocycles. The summed E-state index contributed by atoms with van der Waals surface area (Å²) in [6.07, 6.45) is 7.00. The van der Waals surface area contributed by atoms with E-state index in [0.29, 0.717) is 18.2 Å². The van der Waals surface area contributed by atoms with E-state index in [9.17, 15) is 5.11 Å². The highest BCUT2D eigenvalue weighted by atomic mass is 16.3. The van der Waals surface area contributed by atoms with Gasteiger partial charge >= 0.3 is 0 Å². The molecule has 0 saturated heterocycles. The number of guanidine groups is 1. The van der Waals surface area contributed by atoms with Gasteiger partial charge in [-0.15, -0.1) is 0 Å². The quantitative estimate of drug-likeness (QED) is 0.553. The van der Waals surface area contributed by atoms with Crippen molar-refractivity contribution < 1.29 is 5.11 Å². The van der Waals surface area contributed by atoms with Crippen LogP contribution in [-0.4, -0.2) is 41.7 Å². The summed E-state index contributed by atoms with van der Waals surface area (Å²) in [4.78, 5) is 9.87. The van der Waals surface area contributed by atoms with E-state index in [4.69, 9.17) is 0 Å². The van der Waals surface area contributed by atoms with Crippen LogP contribution in [-0.2, 0) is 0 Å². The van der Waals surface area contributed by atoms with Gasteiger partial charge < -0.3 is 15.7 Å². The summed E-state index contributed by atoms with van der Waals surface area (Å²) < 4.78 is 0. The van der Waals surface area contributed by atoms with Gasteiger partial charge in [-0.1, -0.05) is 12.2 Å². The summed E-state index contributed by atoms with van der Waals surface area (Å²) in [6.45, 7) is 2.51. The van der Waals surface area contributed by atoms with Crippen molar-refractivity contribution in [2.45, 2.75) is 12.8 Å². The van der Waals surface area contributed by atoms with E-state index < -0.39 is 5.85 Å². The SMILES string of the molecule is CC=CCN=C1NC=C2NC=NC2(O)N1C. The predicted molar refractivity (Wildman–Crippen MR) is 62.7 cm³/mol. The van der Waals surface area contributed by atoms with Crippen LogP contribution in [0.2, 0.25) is 0 Å². The van der Waals surface area contributed by atoms with Crippen molar-refractivity contribution >= 4 is 12.3 Å². The number of hydrogen-bond acceptors (Lipinski definition) is 4. The lowest BCUT2D eigenvalue weighted by molar-refractivity contribution is -0.0173. The highest BCUT2D eigenvalue weighted by Crippen LogP contribution is 2.25. The van der Waals surface area contributed by atoms with E-state index in [1.807, 2.05) is 19.1 Å². The molecule has 0 aromatic heterocycles. The zero-order valence-electron chi connectivity index (χ0n) is 9.31. The first kappa shape index (κ1) is 10.7. The standard InChI is InChI=1S/C10H15N5O/c1-3-4-5-11-9-12-6-8-10(16,15(9)2)14-7-13-8/h3-4,6-7,16H,5H2,1-2H3,(H,11,12)(H,13,14). The van der Waals surface area contributed by atoms with Gasteiger partial charge in [0.2, 0.25) is 5.96 Å². The van der Waals surface area contributed by atoms with E-state index >= 15 is 0 Å². The second-order valence-electron chi connectivity index (χ2n) is 3.53. The van der Waals surface area contributed by atoms with Crippen LogP contribution in [0.25, 0.3) is 0 Å². The Bertz CT molecular complexity index is 398. The molecule has 2 aliphatic rings. The summed E-state index contributed by atoms with van der Waals surface area (Å²) in [7, 11) is 1.73. The molecule has 3 N–H and O–H groups in total. The number of rotatable bonds is 2. The van der Waals surface area contributed by atoms with Gasteiger partial charge in [0.05, 0.1) is 12.9 Å². The molecule has 0 fully saturated rings. The molecule has 0 saturated carbocycles. The van der Waals surface area contributed by atoms with E-state index in [1.165, 1.54) is 6.34 Å². The average molecular weight is 221 g/mol. The number of likely N-dealkylation sites (N-methyl/N-ethyl adjacent to an activating group) is 1. The van der Waals surface area contributed by atoms with Gasteiger partial charge in [-0.25, -0.2) is 9.98 Å². The predicted octanol–water partition coefficient (Wildman–Crippen LogP) is -0.427. The third kappa shape index (κ3) is 1.57. The van der Waals surface area contributed by atoms with Gasteiger partial charge in [0.15, 0.2) is 0 Å². The van der Waals surface area contributed by atoms with Gasteiger partial charge in [0.1, 0.15) is 5.70 Å². The number of nitrogens with one attached hydrogen (secondary N) is 2. The van der Waals surface area contributed by atoms with Crippen molar-refractivity contribution in [1.82, 2.24) is 15.5 Å². The lowest BCUT2D eigenvalue weighted by Gasteiger charge is -2.36. The first-order valence-electron chi connectivity index (χ1n) is 5.07. The molecule has 0 radical (unpaired) electrons. The van der Waals surface area contributed by atoms with Crippen molar-refractivity contribution in [2.24, 2.45) is 9.98 Å². The third-order valence-electron chi connectivity index (χ3n) is 2.54. The average Bonchev–Trinajstić information content (AvgIpc) is 2.66. The number of hydrogen-bond donors (Lipinski definition) is 3. The number of allylic oxidation sites excluding steroid dienone is 1. The summed E-state index contributed by atoms with van der Waals surface area (Å²) in [6, 6.07) is 0. The zero-order valence-corrected chi connectivity index (χ0v) is 9.31. The van der Waals surface area contributed by atoms with Gasteiger partial charge in [-0.2, -0.15) is 0 Å². The minimum Gasteiger partial charge on any atom is -0.348 e. The maximum absolute atomic E-state index is 10.3. The Hall–Kier alpha value is -1.82. The Labute approximate surface area is 94.1 Å². The third-order valence-corrected chi connectivity index (χ3v) is 2.54. The Morgan fingerprint density at radius 2 is 2.44 bits per heavy atom. The van der Waals surface area contributed by atoms with Crippen LogP contribution < -0.4 is 10.6 Å². The topological polar surface area (TPSA) is 72.2 Å². The number of nitrogens with zero attached hydrogens (tertiary/aromatic N) is 3.